The predicted molar refractivity (Wildman–Crippen MR) is 163 cm³/mol. The Morgan fingerprint density at radius 3 is 2.45 bits per heavy atom. The van der Waals surface area contributed by atoms with Gasteiger partial charge in [0.25, 0.3) is 5.91 Å². The first-order valence-corrected chi connectivity index (χ1v) is 15.0. The largest absolute Gasteiger partial charge is 0.471 e. The van der Waals surface area contributed by atoms with E-state index < -0.39 is 17.2 Å². The molecule has 0 bridgehead atoms. The fraction of sp³-hybridized carbons (Fsp3) is 0.281. The topological polar surface area (TPSA) is 122 Å². The quantitative estimate of drug-likeness (QED) is 0.299. The van der Waals surface area contributed by atoms with E-state index in [1.807, 2.05) is 50.2 Å². The van der Waals surface area contributed by atoms with Crippen LogP contribution in [0.3, 0.4) is 0 Å². The Bertz CT molecular complexity index is 1560. The molecule has 218 valence electrons. The number of benzene rings is 3. The number of hydrogen-bond donors (Lipinski definition) is 2. The molecule has 9 nitrogen and oxygen atoms in total. The van der Waals surface area contributed by atoms with Gasteiger partial charge >= 0.3 is 0 Å². The molecule has 2 unspecified atom stereocenters. The first-order valence-electron chi connectivity index (χ1n) is 13.9. The van der Waals surface area contributed by atoms with E-state index >= 15 is 0 Å². The van der Waals surface area contributed by atoms with Gasteiger partial charge < -0.3 is 19.9 Å². The van der Waals surface area contributed by atoms with Gasteiger partial charge in [0.05, 0.1) is 17.1 Å². The summed E-state index contributed by atoms with van der Waals surface area (Å²) >= 11 is -2.18. The van der Waals surface area contributed by atoms with Crippen molar-refractivity contribution in [1.29, 1.82) is 0 Å². The number of nitrogens with two attached hydrogens (primary N) is 1. The van der Waals surface area contributed by atoms with Crippen molar-refractivity contribution in [2.45, 2.75) is 37.8 Å². The van der Waals surface area contributed by atoms with Crippen LogP contribution in [0, 0.1) is 13.8 Å². The van der Waals surface area contributed by atoms with Gasteiger partial charge in [-0.2, -0.15) is 4.98 Å². The highest BCUT2D eigenvalue weighted by molar-refractivity contribution is 7.79. The molecule has 42 heavy (non-hydrogen) atoms. The molecule has 3 aromatic carbocycles. The Morgan fingerprint density at radius 2 is 1.71 bits per heavy atom. The normalized spacial score (nSPS) is 16.8. The fourth-order valence-corrected chi connectivity index (χ4v) is 5.87. The molecule has 3 N–H and O–H groups in total. The molecule has 1 saturated heterocycles. The summed E-state index contributed by atoms with van der Waals surface area (Å²) in [7, 11) is 0. The van der Waals surface area contributed by atoms with Crippen LogP contribution >= 0.6 is 0 Å². The molecular weight excluding hydrogens is 550 g/mol. The monoisotopic (exact) mass is 585 g/mol. The first-order chi connectivity index (χ1) is 20.3. The number of nitrogen functional groups attached to an aromatic ring is 1. The van der Waals surface area contributed by atoms with Crippen LogP contribution in [0.4, 0.5) is 5.95 Å². The molecule has 0 spiro atoms. The summed E-state index contributed by atoms with van der Waals surface area (Å²) in [6, 6.07) is 24.4. The average molecular weight is 586 g/mol. The summed E-state index contributed by atoms with van der Waals surface area (Å²) in [5.41, 5.74) is 11.5. The highest BCUT2D eigenvalue weighted by Gasteiger charge is 2.27. The number of ether oxygens (including phenoxy) is 1. The zero-order valence-corrected chi connectivity index (χ0v) is 24.6. The number of rotatable bonds is 7. The van der Waals surface area contributed by atoms with Crippen LogP contribution < -0.4 is 10.5 Å². The Balaban J connectivity index is 1.44. The van der Waals surface area contributed by atoms with Crippen molar-refractivity contribution in [3.8, 4) is 17.1 Å². The van der Waals surface area contributed by atoms with Gasteiger partial charge in [-0.3, -0.25) is 9.69 Å². The highest BCUT2D eigenvalue weighted by atomic mass is 32.2. The maximum Gasteiger partial charge on any atom is 0.254 e. The smallest absolute Gasteiger partial charge is 0.254 e. The lowest BCUT2D eigenvalue weighted by atomic mass is 10.00. The lowest BCUT2D eigenvalue weighted by Crippen LogP contribution is -2.49. The van der Waals surface area contributed by atoms with Crippen LogP contribution in [-0.2, 0) is 17.6 Å². The second-order valence-corrected chi connectivity index (χ2v) is 11.5. The van der Waals surface area contributed by atoms with Crippen LogP contribution in [0.2, 0.25) is 0 Å². The summed E-state index contributed by atoms with van der Waals surface area (Å²) < 4.78 is 27.7. The Kier molecular flexibility index (Phi) is 9.26. The van der Waals surface area contributed by atoms with E-state index in [9.17, 15) is 13.6 Å². The summed E-state index contributed by atoms with van der Waals surface area (Å²) in [5.74, 6) is 0.236. The number of carbonyl (C=O) groups is 1. The minimum absolute atomic E-state index is 0.110. The minimum atomic E-state index is -2.18. The lowest BCUT2D eigenvalue weighted by molar-refractivity contribution is 0.0472. The van der Waals surface area contributed by atoms with E-state index in [0.717, 1.165) is 36.2 Å². The summed E-state index contributed by atoms with van der Waals surface area (Å²) in [6.45, 7) is 6.94. The molecule has 2 atom stereocenters. The maximum absolute atomic E-state index is 13.6. The number of aryl methyl sites for hydroxylation is 2. The summed E-state index contributed by atoms with van der Waals surface area (Å²) in [6.07, 6.45) is 0.349. The van der Waals surface area contributed by atoms with E-state index in [1.165, 1.54) is 17.7 Å². The Morgan fingerprint density at radius 1 is 0.976 bits per heavy atom. The Hall–Kier alpha value is -4.12. The van der Waals surface area contributed by atoms with Gasteiger partial charge in [0.2, 0.25) is 11.8 Å². The minimum Gasteiger partial charge on any atom is -0.471 e. The molecule has 1 fully saturated rings. The highest BCUT2D eigenvalue weighted by Crippen LogP contribution is 2.29. The van der Waals surface area contributed by atoms with Crippen molar-refractivity contribution < 1.29 is 18.3 Å². The van der Waals surface area contributed by atoms with E-state index in [0.29, 0.717) is 36.8 Å². The molecule has 10 heteroatoms. The zero-order chi connectivity index (χ0) is 29.6. The van der Waals surface area contributed by atoms with E-state index in [2.05, 4.69) is 27.0 Å². The van der Waals surface area contributed by atoms with Gasteiger partial charge in [-0.15, -0.1) is 0 Å². The molecule has 1 aliphatic rings. The van der Waals surface area contributed by atoms with Crippen LogP contribution in [-0.4, -0.2) is 66.7 Å². The Labute approximate surface area is 248 Å². The average Bonchev–Trinajstić information content (AvgIpc) is 2.95. The molecule has 5 rings (SSSR count). The van der Waals surface area contributed by atoms with Gasteiger partial charge in [-0.1, -0.05) is 54.6 Å². The molecule has 0 aliphatic carbocycles. The SMILES string of the molecule is Cc1cccc(C)c1-c1cc(OC2CN(Cc3ccccc3)CCCN(C(=O)c3cccc(S(=O)O)c3)C2)nc(N)n1. The van der Waals surface area contributed by atoms with Crippen molar-refractivity contribution in [1.82, 2.24) is 19.8 Å². The van der Waals surface area contributed by atoms with Gasteiger partial charge in [0.15, 0.2) is 11.1 Å². The number of anilines is 1. The molecule has 1 amide bonds. The van der Waals surface area contributed by atoms with Crippen LogP contribution in [0.1, 0.15) is 33.5 Å². The van der Waals surface area contributed by atoms with Crippen molar-refractivity contribution >= 4 is 22.9 Å². The van der Waals surface area contributed by atoms with Gasteiger partial charge in [0, 0.05) is 43.4 Å². The molecule has 4 aromatic rings. The maximum atomic E-state index is 13.6. The van der Waals surface area contributed by atoms with Crippen molar-refractivity contribution in [3.05, 3.63) is 101 Å². The molecule has 1 aromatic heterocycles. The second-order valence-electron chi connectivity index (χ2n) is 10.6. The van der Waals surface area contributed by atoms with Gasteiger partial charge in [0.1, 0.15) is 6.10 Å². The van der Waals surface area contributed by atoms with Crippen molar-refractivity contribution in [2.24, 2.45) is 0 Å². The standard InChI is InChI=1S/C32H35N5O4S/c1-22-9-6-10-23(2)30(22)28-18-29(35-32(33)34-28)41-26-20-36(19-24-11-4-3-5-12-24)15-8-16-37(21-26)31(38)25-13-7-14-27(17-25)42(39)40/h3-7,9-14,17-18,26H,8,15-16,19-21H2,1-2H3,(H,39,40)(H2,33,34,35). The summed E-state index contributed by atoms with van der Waals surface area (Å²) in [4.78, 5) is 26.8. The van der Waals surface area contributed by atoms with E-state index in [1.54, 1.807) is 23.1 Å². The molecule has 0 saturated carbocycles. The first kappa shape index (κ1) is 29.4. The molecular formula is C32H35N5O4S. The zero-order valence-electron chi connectivity index (χ0n) is 23.8. The lowest BCUT2D eigenvalue weighted by Gasteiger charge is -2.35. The number of carbonyl (C=O) groups excluding carboxylic acids is 1. The third kappa shape index (κ3) is 7.20. The van der Waals surface area contributed by atoms with Gasteiger partial charge in [-0.05, 0) is 55.2 Å². The van der Waals surface area contributed by atoms with E-state index in [-0.39, 0.29) is 16.8 Å². The van der Waals surface area contributed by atoms with Gasteiger partial charge in [-0.25, -0.2) is 9.19 Å². The van der Waals surface area contributed by atoms with Crippen LogP contribution in [0.15, 0.2) is 83.8 Å². The fourth-order valence-electron chi connectivity index (χ4n) is 5.44. The van der Waals surface area contributed by atoms with E-state index in [4.69, 9.17) is 10.5 Å². The number of hydrogen-bond acceptors (Lipinski definition) is 7. The predicted octanol–water partition coefficient (Wildman–Crippen LogP) is 4.72. The van der Waals surface area contributed by atoms with Crippen LogP contribution in [0.25, 0.3) is 11.3 Å². The second kappa shape index (κ2) is 13.2. The summed E-state index contributed by atoms with van der Waals surface area (Å²) in [5, 5.41) is 0. The number of aromatic nitrogens is 2. The third-order valence-corrected chi connectivity index (χ3v) is 8.01. The molecule has 2 heterocycles. The molecule has 1 aliphatic heterocycles. The van der Waals surface area contributed by atoms with Crippen molar-refractivity contribution in [3.63, 3.8) is 0 Å². The number of nitrogens with zero attached hydrogens (tertiary/aromatic N) is 4. The van der Waals surface area contributed by atoms with Crippen LogP contribution in [0.5, 0.6) is 5.88 Å². The molecule has 0 radical (unpaired) electrons. The number of amides is 1. The van der Waals surface area contributed by atoms with Crippen molar-refractivity contribution in [2.75, 3.05) is 31.9 Å². The third-order valence-electron chi connectivity index (χ3n) is 7.35.